The van der Waals surface area contributed by atoms with Gasteiger partial charge in [-0.1, -0.05) is 0 Å². The summed E-state index contributed by atoms with van der Waals surface area (Å²) in [6, 6.07) is 4.32. The van der Waals surface area contributed by atoms with E-state index >= 15 is 0 Å². The summed E-state index contributed by atoms with van der Waals surface area (Å²) >= 11 is 0. The Kier molecular flexibility index (Phi) is 7.04. The smallest absolute Gasteiger partial charge is 0.406 e. The highest BCUT2D eigenvalue weighted by Crippen LogP contribution is 2.29. The van der Waals surface area contributed by atoms with E-state index in [1.54, 1.807) is 11.8 Å². The highest BCUT2D eigenvalue weighted by molar-refractivity contribution is 5.92. The molecule has 1 saturated carbocycles. The van der Waals surface area contributed by atoms with Gasteiger partial charge in [-0.25, -0.2) is 0 Å². The molecular weight excluding hydrogens is 417 g/mol. The zero-order valence-electron chi connectivity index (χ0n) is 17.1. The van der Waals surface area contributed by atoms with Gasteiger partial charge in [0.2, 0.25) is 17.7 Å². The Morgan fingerprint density at radius 1 is 1.10 bits per heavy atom. The van der Waals surface area contributed by atoms with E-state index in [0.717, 1.165) is 25.0 Å². The van der Waals surface area contributed by atoms with E-state index in [2.05, 4.69) is 15.4 Å². The molecule has 1 heterocycles. The number of alkyl halides is 3. The van der Waals surface area contributed by atoms with Gasteiger partial charge >= 0.3 is 6.36 Å². The fraction of sp³-hybridized carbons (Fsp3) is 0.550. The van der Waals surface area contributed by atoms with Gasteiger partial charge in [-0.15, -0.1) is 13.2 Å². The standard InChI is InChI=1S/C20H25F3N4O4/c1-13(24-18(29)14-2-3-14)19(30)27-10-8-26(9-11-27)12-17(28)25-15-4-6-16(7-5-15)31-20(21,22)23/h4-7,13-14H,2-3,8-12H2,1H3,(H,24,29)(H,25,28). The molecule has 0 radical (unpaired) electrons. The fourth-order valence-corrected chi connectivity index (χ4v) is 3.28. The molecule has 0 bridgehead atoms. The SMILES string of the molecule is CC(NC(=O)C1CC1)C(=O)N1CCN(CC(=O)Nc2ccc(OC(F)(F)F)cc2)CC1. The zero-order valence-corrected chi connectivity index (χ0v) is 17.1. The summed E-state index contributed by atoms with van der Waals surface area (Å²) in [7, 11) is 0. The Balaban J connectivity index is 1.39. The minimum Gasteiger partial charge on any atom is -0.406 e. The van der Waals surface area contributed by atoms with Gasteiger partial charge in [-0.2, -0.15) is 0 Å². The predicted octanol–water partition coefficient (Wildman–Crippen LogP) is 1.58. The topological polar surface area (TPSA) is 91.0 Å². The van der Waals surface area contributed by atoms with Crippen LogP contribution in [0.3, 0.4) is 0 Å². The summed E-state index contributed by atoms with van der Waals surface area (Å²) in [5.41, 5.74) is 0.355. The maximum Gasteiger partial charge on any atom is 0.573 e. The molecule has 1 aliphatic carbocycles. The minimum absolute atomic E-state index is 0.0407. The molecule has 1 aliphatic heterocycles. The average molecular weight is 442 g/mol. The monoisotopic (exact) mass is 442 g/mol. The number of hydrogen-bond acceptors (Lipinski definition) is 5. The van der Waals surface area contributed by atoms with Gasteiger partial charge in [0, 0.05) is 37.8 Å². The molecular formula is C20H25F3N4O4. The zero-order chi connectivity index (χ0) is 22.6. The van der Waals surface area contributed by atoms with Crippen molar-refractivity contribution in [2.75, 3.05) is 38.0 Å². The van der Waals surface area contributed by atoms with Gasteiger partial charge in [-0.3, -0.25) is 19.3 Å². The Morgan fingerprint density at radius 3 is 2.26 bits per heavy atom. The first-order chi connectivity index (χ1) is 14.6. The van der Waals surface area contributed by atoms with Gasteiger partial charge in [0.05, 0.1) is 6.54 Å². The van der Waals surface area contributed by atoms with Crippen LogP contribution in [0.1, 0.15) is 19.8 Å². The first-order valence-electron chi connectivity index (χ1n) is 10.1. The molecule has 1 unspecified atom stereocenters. The number of piperazine rings is 1. The number of amides is 3. The van der Waals surface area contributed by atoms with E-state index < -0.39 is 12.4 Å². The highest BCUT2D eigenvalue weighted by atomic mass is 19.4. The summed E-state index contributed by atoms with van der Waals surface area (Å²) in [6.45, 7) is 3.66. The normalized spacial score (nSPS) is 18.3. The van der Waals surface area contributed by atoms with Crippen molar-refractivity contribution in [3.63, 3.8) is 0 Å². The number of carbonyl (C=O) groups excluding carboxylic acids is 3. The van der Waals surface area contributed by atoms with Crippen LogP contribution in [-0.4, -0.2) is 72.6 Å². The van der Waals surface area contributed by atoms with Gasteiger partial charge in [-0.05, 0) is 44.0 Å². The van der Waals surface area contributed by atoms with E-state index in [9.17, 15) is 27.6 Å². The van der Waals surface area contributed by atoms with Gasteiger partial charge in [0.15, 0.2) is 0 Å². The van der Waals surface area contributed by atoms with Gasteiger partial charge in [0.25, 0.3) is 0 Å². The second-order valence-electron chi connectivity index (χ2n) is 7.73. The van der Waals surface area contributed by atoms with Gasteiger partial charge in [0.1, 0.15) is 11.8 Å². The molecule has 1 aromatic carbocycles. The second kappa shape index (κ2) is 9.54. The van der Waals surface area contributed by atoms with Crippen molar-refractivity contribution in [2.45, 2.75) is 32.2 Å². The molecule has 2 fully saturated rings. The molecule has 0 aromatic heterocycles. The minimum atomic E-state index is -4.77. The summed E-state index contributed by atoms with van der Waals surface area (Å²) < 4.78 is 40.3. The Hall–Kier alpha value is -2.82. The van der Waals surface area contributed by atoms with Crippen LogP contribution in [0.25, 0.3) is 0 Å². The lowest BCUT2D eigenvalue weighted by atomic mass is 10.2. The molecule has 2 N–H and O–H groups in total. The van der Waals surface area contributed by atoms with Crippen molar-refractivity contribution in [2.24, 2.45) is 5.92 Å². The molecule has 3 amide bonds. The first kappa shape index (κ1) is 22.9. The van der Waals surface area contributed by atoms with E-state index in [1.807, 2.05) is 4.90 Å². The quantitative estimate of drug-likeness (QED) is 0.669. The molecule has 31 heavy (non-hydrogen) atoms. The average Bonchev–Trinajstić information content (AvgIpc) is 3.54. The molecule has 11 heteroatoms. The van der Waals surface area contributed by atoms with Crippen LogP contribution in [0.5, 0.6) is 5.75 Å². The maximum atomic E-state index is 12.5. The van der Waals surface area contributed by atoms with Gasteiger partial charge < -0.3 is 20.3 Å². The van der Waals surface area contributed by atoms with Crippen molar-refractivity contribution < 1.29 is 32.3 Å². The van der Waals surface area contributed by atoms with Crippen molar-refractivity contribution in [3.8, 4) is 5.75 Å². The Morgan fingerprint density at radius 2 is 1.71 bits per heavy atom. The summed E-state index contributed by atoms with van der Waals surface area (Å²) in [4.78, 5) is 40.1. The molecule has 3 rings (SSSR count). The van der Waals surface area contributed by atoms with Crippen LogP contribution in [0.2, 0.25) is 0 Å². The second-order valence-corrected chi connectivity index (χ2v) is 7.73. The van der Waals surface area contributed by atoms with Crippen LogP contribution in [0.15, 0.2) is 24.3 Å². The lowest BCUT2D eigenvalue weighted by molar-refractivity contribution is -0.274. The third-order valence-corrected chi connectivity index (χ3v) is 5.10. The van der Waals surface area contributed by atoms with Crippen LogP contribution in [-0.2, 0) is 14.4 Å². The summed E-state index contributed by atoms with van der Waals surface area (Å²) in [6.07, 6.45) is -3.02. The molecule has 8 nitrogen and oxygen atoms in total. The number of rotatable bonds is 7. The number of benzene rings is 1. The molecule has 0 spiro atoms. The van der Waals surface area contributed by atoms with E-state index in [4.69, 9.17) is 0 Å². The van der Waals surface area contributed by atoms with Crippen molar-refractivity contribution in [1.82, 2.24) is 15.1 Å². The number of anilines is 1. The number of nitrogens with zero attached hydrogens (tertiary/aromatic N) is 2. The number of halogens is 3. The van der Waals surface area contributed by atoms with Crippen molar-refractivity contribution >= 4 is 23.4 Å². The lowest BCUT2D eigenvalue weighted by Gasteiger charge is -2.35. The van der Waals surface area contributed by atoms with Crippen LogP contribution in [0.4, 0.5) is 18.9 Å². The first-order valence-corrected chi connectivity index (χ1v) is 10.1. The lowest BCUT2D eigenvalue weighted by Crippen LogP contribution is -2.55. The van der Waals surface area contributed by atoms with Crippen LogP contribution < -0.4 is 15.4 Å². The third-order valence-electron chi connectivity index (χ3n) is 5.10. The predicted molar refractivity (Wildman–Crippen MR) is 105 cm³/mol. The molecule has 170 valence electrons. The van der Waals surface area contributed by atoms with E-state index in [-0.39, 0.29) is 35.9 Å². The number of hydrogen-bond donors (Lipinski definition) is 2. The largest absolute Gasteiger partial charge is 0.573 e. The maximum absolute atomic E-state index is 12.5. The fourth-order valence-electron chi connectivity index (χ4n) is 3.28. The van der Waals surface area contributed by atoms with E-state index in [1.165, 1.54) is 12.1 Å². The summed E-state index contributed by atoms with van der Waals surface area (Å²) in [5, 5.41) is 5.37. The molecule has 1 aromatic rings. The number of ether oxygens (including phenoxy) is 1. The molecule has 1 saturated heterocycles. The highest BCUT2D eigenvalue weighted by Gasteiger charge is 2.33. The van der Waals surface area contributed by atoms with Crippen LogP contribution >= 0.6 is 0 Å². The number of carbonyl (C=O) groups is 3. The Bertz CT molecular complexity index is 804. The summed E-state index contributed by atoms with van der Waals surface area (Å²) in [5.74, 6) is -0.851. The third kappa shape index (κ3) is 7.12. The van der Waals surface area contributed by atoms with Crippen LogP contribution in [0, 0.1) is 5.92 Å². The molecule has 2 aliphatic rings. The van der Waals surface area contributed by atoms with Crippen molar-refractivity contribution in [3.05, 3.63) is 24.3 Å². The molecule has 1 atom stereocenters. The van der Waals surface area contributed by atoms with Crippen molar-refractivity contribution in [1.29, 1.82) is 0 Å². The van der Waals surface area contributed by atoms with E-state index in [0.29, 0.717) is 31.9 Å². The Labute approximate surface area is 177 Å². The number of nitrogens with one attached hydrogen (secondary N) is 2.